The largest absolute Gasteiger partial charge is 0.378 e. The fourth-order valence-electron chi connectivity index (χ4n) is 3.98. The summed E-state index contributed by atoms with van der Waals surface area (Å²) in [7, 11) is 0. The van der Waals surface area contributed by atoms with E-state index in [0.717, 1.165) is 12.6 Å². The summed E-state index contributed by atoms with van der Waals surface area (Å²) >= 11 is 0. The first kappa shape index (κ1) is 15.3. The third-order valence-electron chi connectivity index (χ3n) is 5.41. The number of ether oxygens (including phenoxy) is 1. The summed E-state index contributed by atoms with van der Waals surface area (Å²) in [5.41, 5.74) is 0.522. The summed E-state index contributed by atoms with van der Waals surface area (Å²) in [5, 5.41) is 3.89. The van der Waals surface area contributed by atoms with Crippen LogP contribution in [-0.4, -0.2) is 24.8 Å². The lowest BCUT2D eigenvalue weighted by atomic mass is 9.51. The third kappa shape index (κ3) is 3.33. The molecule has 1 spiro atoms. The Labute approximate surface area is 119 Å². The molecule has 2 nitrogen and oxygen atoms in total. The van der Waals surface area contributed by atoms with Crippen LogP contribution in [0.15, 0.2) is 0 Å². The lowest BCUT2D eigenvalue weighted by Gasteiger charge is -2.61. The highest BCUT2D eigenvalue weighted by Gasteiger charge is 2.58. The van der Waals surface area contributed by atoms with E-state index < -0.39 is 0 Å². The molecule has 0 radical (unpaired) electrons. The second kappa shape index (κ2) is 7.08. The molecule has 3 unspecified atom stereocenters. The van der Waals surface area contributed by atoms with Crippen molar-refractivity contribution in [2.24, 2.45) is 5.41 Å². The highest BCUT2D eigenvalue weighted by atomic mass is 16.5. The zero-order valence-corrected chi connectivity index (χ0v) is 13.2. The van der Waals surface area contributed by atoms with E-state index in [9.17, 15) is 0 Å². The van der Waals surface area contributed by atoms with Crippen molar-refractivity contribution in [2.75, 3.05) is 6.61 Å². The Balaban J connectivity index is 1.68. The molecule has 2 heteroatoms. The second-order valence-electron chi connectivity index (χ2n) is 6.74. The Bertz CT molecular complexity index is 262. The smallest absolute Gasteiger partial charge is 0.0661 e. The zero-order chi connectivity index (χ0) is 13.7. The number of rotatable bonds is 9. The Morgan fingerprint density at radius 1 is 1.21 bits per heavy atom. The number of hydrogen-bond acceptors (Lipinski definition) is 2. The first-order chi connectivity index (χ1) is 9.23. The predicted molar refractivity (Wildman–Crippen MR) is 81.5 cm³/mol. The van der Waals surface area contributed by atoms with Gasteiger partial charge in [-0.2, -0.15) is 0 Å². The van der Waals surface area contributed by atoms with Crippen LogP contribution in [0.1, 0.15) is 78.6 Å². The van der Waals surface area contributed by atoms with E-state index in [0.29, 0.717) is 17.6 Å². The Morgan fingerprint density at radius 2 is 2.00 bits per heavy atom. The van der Waals surface area contributed by atoms with Gasteiger partial charge in [-0.15, -0.1) is 0 Å². The molecule has 2 saturated carbocycles. The van der Waals surface area contributed by atoms with Gasteiger partial charge in [0.25, 0.3) is 0 Å². The van der Waals surface area contributed by atoms with Crippen molar-refractivity contribution in [3.63, 3.8) is 0 Å². The summed E-state index contributed by atoms with van der Waals surface area (Å²) in [4.78, 5) is 0. The van der Waals surface area contributed by atoms with Crippen LogP contribution in [0.3, 0.4) is 0 Å². The molecule has 0 amide bonds. The molecule has 19 heavy (non-hydrogen) atoms. The van der Waals surface area contributed by atoms with E-state index in [1.165, 1.54) is 57.8 Å². The van der Waals surface area contributed by atoms with Crippen LogP contribution in [0.25, 0.3) is 0 Å². The van der Waals surface area contributed by atoms with Gasteiger partial charge in [-0.25, -0.2) is 0 Å². The van der Waals surface area contributed by atoms with Gasteiger partial charge < -0.3 is 10.1 Å². The van der Waals surface area contributed by atoms with Crippen molar-refractivity contribution in [1.29, 1.82) is 0 Å². The van der Waals surface area contributed by atoms with Gasteiger partial charge >= 0.3 is 0 Å². The van der Waals surface area contributed by atoms with Crippen molar-refractivity contribution in [3.8, 4) is 0 Å². The number of hydrogen-bond donors (Lipinski definition) is 1. The monoisotopic (exact) mass is 267 g/mol. The average molecular weight is 267 g/mol. The van der Waals surface area contributed by atoms with Gasteiger partial charge in [-0.1, -0.05) is 39.0 Å². The summed E-state index contributed by atoms with van der Waals surface area (Å²) in [6.07, 6.45) is 12.8. The summed E-state index contributed by atoms with van der Waals surface area (Å²) in [6.45, 7) is 7.66. The molecule has 0 aromatic heterocycles. The van der Waals surface area contributed by atoms with E-state index in [2.05, 4.69) is 26.1 Å². The molecule has 3 atom stereocenters. The van der Waals surface area contributed by atoms with E-state index in [1.54, 1.807) is 0 Å². The number of nitrogens with one attached hydrogen (secondary N) is 1. The zero-order valence-electron chi connectivity index (χ0n) is 13.2. The van der Waals surface area contributed by atoms with E-state index in [1.807, 2.05) is 0 Å². The van der Waals surface area contributed by atoms with Crippen LogP contribution in [0.5, 0.6) is 0 Å². The van der Waals surface area contributed by atoms with Crippen LogP contribution in [-0.2, 0) is 4.74 Å². The molecule has 0 aromatic carbocycles. The Morgan fingerprint density at radius 3 is 2.58 bits per heavy atom. The SMILES string of the molecule is CCCCCCC(C)NC1CC(OCC)C12CCC2. The molecule has 1 N–H and O–H groups in total. The van der Waals surface area contributed by atoms with E-state index in [-0.39, 0.29) is 0 Å². The van der Waals surface area contributed by atoms with Gasteiger partial charge in [0.1, 0.15) is 0 Å². The van der Waals surface area contributed by atoms with Crippen molar-refractivity contribution in [2.45, 2.75) is 96.7 Å². The minimum absolute atomic E-state index is 0.522. The predicted octanol–water partition coefficient (Wildman–Crippen LogP) is 4.28. The minimum atomic E-state index is 0.522. The van der Waals surface area contributed by atoms with Gasteiger partial charge in [0, 0.05) is 24.1 Å². The molecule has 2 aliphatic carbocycles. The molecule has 2 aliphatic rings. The van der Waals surface area contributed by atoms with Crippen LogP contribution >= 0.6 is 0 Å². The van der Waals surface area contributed by atoms with Gasteiger partial charge in [0.2, 0.25) is 0 Å². The Hall–Kier alpha value is -0.0800. The van der Waals surface area contributed by atoms with Crippen molar-refractivity contribution in [1.82, 2.24) is 5.32 Å². The molecule has 0 aromatic rings. The minimum Gasteiger partial charge on any atom is -0.378 e. The van der Waals surface area contributed by atoms with Crippen LogP contribution in [0, 0.1) is 5.41 Å². The molecule has 0 aliphatic heterocycles. The molecule has 0 bridgehead atoms. The molecule has 2 fully saturated rings. The highest BCUT2D eigenvalue weighted by molar-refractivity contribution is 5.12. The second-order valence-corrected chi connectivity index (χ2v) is 6.74. The number of unbranched alkanes of at least 4 members (excludes halogenated alkanes) is 3. The van der Waals surface area contributed by atoms with Crippen LogP contribution in [0.4, 0.5) is 0 Å². The summed E-state index contributed by atoms with van der Waals surface area (Å²) < 4.78 is 5.92. The van der Waals surface area contributed by atoms with Gasteiger partial charge in [-0.3, -0.25) is 0 Å². The van der Waals surface area contributed by atoms with Gasteiger partial charge in [-0.05, 0) is 39.5 Å². The maximum atomic E-state index is 5.92. The van der Waals surface area contributed by atoms with Crippen molar-refractivity contribution >= 4 is 0 Å². The van der Waals surface area contributed by atoms with Gasteiger partial charge in [0.05, 0.1) is 6.10 Å². The third-order valence-corrected chi connectivity index (χ3v) is 5.41. The highest BCUT2D eigenvalue weighted by Crippen LogP contribution is 2.57. The summed E-state index contributed by atoms with van der Waals surface area (Å²) in [6, 6.07) is 1.42. The normalized spacial score (nSPS) is 29.8. The molecule has 2 rings (SSSR count). The maximum Gasteiger partial charge on any atom is 0.0661 e. The topological polar surface area (TPSA) is 21.3 Å². The van der Waals surface area contributed by atoms with Crippen LogP contribution < -0.4 is 5.32 Å². The molecular weight excluding hydrogens is 234 g/mol. The average Bonchev–Trinajstić information content (AvgIpc) is 2.31. The molecular formula is C17H33NO. The standard InChI is InChI=1S/C17H33NO/c1-4-6-7-8-10-14(3)18-15-13-16(19-5-2)17(15)11-9-12-17/h14-16,18H,4-13H2,1-3H3. The fraction of sp³-hybridized carbons (Fsp3) is 1.00. The lowest BCUT2D eigenvalue weighted by molar-refractivity contribution is -0.174. The van der Waals surface area contributed by atoms with E-state index >= 15 is 0 Å². The first-order valence-electron chi connectivity index (χ1n) is 8.60. The maximum absolute atomic E-state index is 5.92. The first-order valence-corrected chi connectivity index (χ1v) is 8.60. The van der Waals surface area contributed by atoms with Gasteiger partial charge in [0.15, 0.2) is 0 Å². The molecule has 0 saturated heterocycles. The Kier molecular flexibility index (Phi) is 5.70. The van der Waals surface area contributed by atoms with Crippen molar-refractivity contribution < 1.29 is 4.74 Å². The quantitative estimate of drug-likeness (QED) is 0.629. The molecule has 112 valence electrons. The van der Waals surface area contributed by atoms with E-state index in [4.69, 9.17) is 4.74 Å². The lowest BCUT2D eigenvalue weighted by Crippen LogP contribution is -2.67. The molecule has 0 heterocycles. The fourth-order valence-corrected chi connectivity index (χ4v) is 3.98. The van der Waals surface area contributed by atoms with Crippen LogP contribution in [0.2, 0.25) is 0 Å². The summed E-state index contributed by atoms with van der Waals surface area (Å²) in [5.74, 6) is 0. The van der Waals surface area contributed by atoms with Crippen molar-refractivity contribution in [3.05, 3.63) is 0 Å².